The number of piperidine rings is 1. The van der Waals surface area contributed by atoms with Crippen LogP contribution < -0.4 is 15.4 Å². The van der Waals surface area contributed by atoms with Crippen LogP contribution in [0.25, 0.3) is 0 Å². The van der Waals surface area contributed by atoms with Gasteiger partial charge in [-0.3, -0.25) is 4.79 Å². The monoisotopic (exact) mass is 282 g/mol. The van der Waals surface area contributed by atoms with Crippen molar-refractivity contribution in [3.63, 3.8) is 0 Å². The van der Waals surface area contributed by atoms with Gasteiger partial charge in [-0.1, -0.05) is 11.6 Å². The Morgan fingerprint density at radius 3 is 2.74 bits per heavy atom. The van der Waals surface area contributed by atoms with E-state index in [-0.39, 0.29) is 16.7 Å². The van der Waals surface area contributed by atoms with Gasteiger partial charge >= 0.3 is 0 Å². The predicted octanol–water partition coefficient (Wildman–Crippen LogP) is 2.45. The molecule has 1 fully saturated rings. The van der Waals surface area contributed by atoms with Gasteiger partial charge in [0.1, 0.15) is 5.82 Å². The second-order valence-electron chi connectivity index (χ2n) is 4.50. The van der Waals surface area contributed by atoms with Crippen LogP contribution in [0.5, 0.6) is 5.75 Å². The van der Waals surface area contributed by atoms with E-state index in [2.05, 4.69) is 10.6 Å². The number of halogens is 2. The molecule has 0 radical (unpaired) electrons. The normalized spacial score (nSPS) is 18.7. The second-order valence-corrected chi connectivity index (χ2v) is 4.91. The Balaban J connectivity index is 1.99. The van der Waals surface area contributed by atoms with Gasteiger partial charge in [0.15, 0.2) is 11.5 Å². The highest BCUT2D eigenvalue weighted by Gasteiger charge is 2.27. The molecule has 100 valence electrons. The molecular weight excluding hydrogens is 271 g/mol. The Morgan fingerprint density at radius 2 is 2.00 bits per heavy atom. The number of benzene rings is 1. The van der Waals surface area contributed by atoms with Crippen LogP contribution in [0.1, 0.15) is 12.8 Å². The molecular formula is C13H12ClFN2O2. The number of rotatable bonds is 0. The van der Waals surface area contributed by atoms with Crippen LogP contribution in [0.4, 0.5) is 10.1 Å². The first-order valence-electron chi connectivity index (χ1n) is 6.06. The number of nitrogens with one attached hydrogen (secondary N) is 2. The molecule has 0 spiro atoms. The predicted molar refractivity (Wildman–Crippen MR) is 69.8 cm³/mol. The van der Waals surface area contributed by atoms with Gasteiger partial charge in [0.25, 0.3) is 5.91 Å². The van der Waals surface area contributed by atoms with Crippen LogP contribution in [0, 0.1) is 5.82 Å². The van der Waals surface area contributed by atoms with E-state index in [1.54, 1.807) is 0 Å². The van der Waals surface area contributed by atoms with E-state index in [4.69, 9.17) is 16.3 Å². The van der Waals surface area contributed by atoms with Gasteiger partial charge in [0.05, 0.1) is 10.7 Å². The Morgan fingerprint density at radius 1 is 1.26 bits per heavy atom. The molecule has 3 rings (SSSR count). The van der Waals surface area contributed by atoms with Crippen molar-refractivity contribution in [2.45, 2.75) is 12.8 Å². The Kier molecular flexibility index (Phi) is 3.16. The average Bonchev–Trinajstić information content (AvgIpc) is 2.41. The van der Waals surface area contributed by atoms with Crippen LogP contribution in [-0.4, -0.2) is 19.0 Å². The largest absolute Gasteiger partial charge is 0.449 e. The molecule has 2 aliphatic heterocycles. The average molecular weight is 283 g/mol. The maximum atomic E-state index is 13.4. The lowest BCUT2D eigenvalue weighted by atomic mass is 10.0. The van der Waals surface area contributed by atoms with Gasteiger partial charge in [0, 0.05) is 6.07 Å². The molecule has 0 aliphatic carbocycles. The van der Waals surface area contributed by atoms with Crippen molar-refractivity contribution >= 4 is 23.2 Å². The van der Waals surface area contributed by atoms with E-state index in [1.807, 2.05) is 0 Å². The summed E-state index contributed by atoms with van der Waals surface area (Å²) in [5, 5.41) is 5.85. The molecule has 1 aromatic rings. The molecule has 6 heteroatoms. The number of carbonyl (C=O) groups excluding carboxylic acids is 1. The zero-order chi connectivity index (χ0) is 13.4. The van der Waals surface area contributed by atoms with Crippen LogP contribution in [-0.2, 0) is 4.79 Å². The molecule has 4 nitrogen and oxygen atoms in total. The molecule has 19 heavy (non-hydrogen) atoms. The molecule has 0 bridgehead atoms. The molecule has 0 aromatic heterocycles. The van der Waals surface area contributed by atoms with E-state index in [9.17, 15) is 9.18 Å². The van der Waals surface area contributed by atoms with E-state index < -0.39 is 5.82 Å². The number of hydrogen-bond acceptors (Lipinski definition) is 3. The van der Waals surface area contributed by atoms with Crippen molar-refractivity contribution in [2.24, 2.45) is 0 Å². The highest BCUT2D eigenvalue weighted by atomic mass is 35.5. The summed E-state index contributed by atoms with van der Waals surface area (Å²) in [7, 11) is 0. The first-order chi connectivity index (χ1) is 9.15. The van der Waals surface area contributed by atoms with Crippen molar-refractivity contribution in [1.29, 1.82) is 0 Å². The number of anilines is 1. The fourth-order valence-corrected chi connectivity index (χ4v) is 2.40. The summed E-state index contributed by atoms with van der Waals surface area (Å²) >= 11 is 5.68. The van der Waals surface area contributed by atoms with E-state index in [0.717, 1.165) is 31.5 Å². The summed E-state index contributed by atoms with van der Waals surface area (Å²) in [5.74, 6) is -0.281. The second kappa shape index (κ2) is 4.83. The Bertz CT molecular complexity index is 578. The topological polar surface area (TPSA) is 50.4 Å². The molecule has 0 atom stereocenters. The number of amides is 1. The lowest BCUT2D eigenvalue weighted by Crippen LogP contribution is -2.30. The van der Waals surface area contributed by atoms with Gasteiger partial charge < -0.3 is 15.4 Å². The summed E-state index contributed by atoms with van der Waals surface area (Å²) < 4.78 is 19.0. The maximum Gasteiger partial charge on any atom is 0.291 e. The lowest BCUT2D eigenvalue weighted by Gasteiger charge is -2.24. The third kappa shape index (κ3) is 2.31. The van der Waals surface area contributed by atoms with E-state index in [0.29, 0.717) is 11.4 Å². The molecule has 2 N–H and O–H groups in total. The Hall–Kier alpha value is -1.59. The first kappa shape index (κ1) is 12.4. The minimum absolute atomic E-state index is 0.0411. The number of carbonyl (C=O) groups is 1. The van der Waals surface area contributed by atoms with E-state index in [1.165, 1.54) is 12.1 Å². The summed E-state index contributed by atoms with van der Waals surface area (Å²) in [5.41, 5.74) is 1.35. The van der Waals surface area contributed by atoms with Crippen molar-refractivity contribution < 1.29 is 13.9 Å². The quantitative estimate of drug-likeness (QED) is 0.719. The Labute approximate surface area is 114 Å². The fraction of sp³-hybridized carbons (Fsp3) is 0.308. The molecule has 2 heterocycles. The molecule has 1 amide bonds. The molecule has 1 saturated heterocycles. The third-order valence-electron chi connectivity index (χ3n) is 3.22. The van der Waals surface area contributed by atoms with Crippen LogP contribution in [0.2, 0.25) is 5.02 Å². The summed E-state index contributed by atoms with van der Waals surface area (Å²) in [6.45, 7) is 1.63. The van der Waals surface area contributed by atoms with Gasteiger partial charge in [-0.25, -0.2) is 4.39 Å². The molecule has 2 aliphatic rings. The number of ether oxygens (including phenoxy) is 1. The highest BCUT2D eigenvalue weighted by molar-refractivity contribution is 6.31. The number of fused-ring (bicyclic) bond motifs is 1. The smallest absolute Gasteiger partial charge is 0.291 e. The minimum atomic E-state index is -0.564. The molecule has 0 saturated carbocycles. The summed E-state index contributed by atoms with van der Waals surface area (Å²) in [6, 6.07) is 2.55. The lowest BCUT2D eigenvalue weighted by molar-refractivity contribution is -0.115. The maximum absolute atomic E-state index is 13.4. The van der Waals surface area contributed by atoms with Gasteiger partial charge in [-0.05, 0) is 37.6 Å². The van der Waals surface area contributed by atoms with Crippen LogP contribution in [0.15, 0.2) is 23.5 Å². The van der Waals surface area contributed by atoms with Crippen molar-refractivity contribution in [3.8, 4) is 5.75 Å². The minimum Gasteiger partial charge on any atom is -0.449 e. The van der Waals surface area contributed by atoms with Gasteiger partial charge in [-0.2, -0.15) is 0 Å². The first-order valence-corrected chi connectivity index (χ1v) is 6.44. The zero-order valence-corrected chi connectivity index (χ0v) is 10.8. The van der Waals surface area contributed by atoms with Gasteiger partial charge in [0.2, 0.25) is 0 Å². The summed E-state index contributed by atoms with van der Waals surface area (Å²) in [4.78, 5) is 12.0. The van der Waals surface area contributed by atoms with E-state index >= 15 is 0 Å². The van der Waals surface area contributed by atoms with Gasteiger partial charge in [-0.15, -0.1) is 0 Å². The zero-order valence-electron chi connectivity index (χ0n) is 10.1. The van der Waals surface area contributed by atoms with Crippen LogP contribution >= 0.6 is 11.6 Å². The number of hydrogen-bond donors (Lipinski definition) is 2. The fourth-order valence-electron chi connectivity index (χ4n) is 2.23. The molecule has 1 aromatic carbocycles. The third-order valence-corrected chi connectivity index (χ3v) is 3.51. The van der Waals surface area contributed by atoms with Crippen molar-refractivity contribution in [3.05, 3.63) is 34.3 Å². The van der Waals surface area contributed by atoms with Crippen molar-refractivity contribution in [1.82, 2.24) is 5.32 Å². The van der Waals surface area contributed by atoms with Crippen LogP contribution in [0.3, 0.4) is 0 Å². The van der Waals surface area contributed by atoms with Crippen molar-refractivity contribution in [2.75, 3.05) is 18.4 Å². The SMILES string of the molecule is O=C1Nc2cc(Cl)c(F)cc2OC1=C1CCNCC1. The highest BCUT2D eigenvalue weighted by Crippen LogP contribution is 2.36. The summed E-state index contributed by atoms with van der Waals surface area (Å²) in [6.07, 6.45) is 1.52. The molecule has 0 unspecified atom stereocenters. The standard InChI is InChI=1S/C13H12ClFN2O2/c14-8-5-10-11(6-9(8)15)19-12(13(18)17-10)7-1-3-16-4-2-7/h5-6,16H,1-4H2,(H,17,18).